The molecular weight excluding hydrogens is 486 g/mol. The first-order chi connectivity index (χ1) is 18.4. The van der Waals surface area contributed by atoms with E-state index in [-0.39, 0.29) is 12.1 Å². The van der Waals surface area contributed by atoms with E-state index in [2.05, 4.69) is 81.6 Å². The van der Waals surface area contributed by atoms with Crippen molar-refractivity contribution in [3.05, 3.63) is 64.8 Å². The summed E-state index contributed by atoms with van der Waals surface area (Å²) < 4.78 is 5.56. The van der Waals surface area contributed by atoms with Gasteiger partial charge in [0.25, 0.3) is 0 Å². The molecule has 1 aromatic heterocycles. The molecule has 1 saturated heterocycles. The Bertz CT molecular complexity index is 1100. The summed E-state index contributed by atoms with van der Waals surface area (Å²) in [5.41, 5.74) is 5.94. The number of amides is 1. The predicted octanol–water partition coefficient (Wildman–Crippen LogP) is 7.46. The van der Waals surface area contributed by atoms with Crippen LogP contribution in [0.4, 0.5) is 4.79 Å². The van der Waals surface area contributed by atoms with E-state index >= 15 is 0 Å². The summed E-state index contributed by atoms with van der Waals surface area (Å²) in [4.78, 5) is 25.3. The second-order valence-corrected chi connectivity index (χ2v) is 10.9. The van der Waals surface area contributed by atoms with Crippen LogP contribution in [0, 0.1) is 11.3 Å². The molecule has 39 heavy (non-hydrogen) atoms. The standard InChI is InChI=1S/C23H39N3O2.C9H10N2/c1-10-12-13-24-19(5)21(17(3)11-2)20(6)25-14-15-26(18(4)16-25)22(27)28-23(7,8)9;1-2-3-8-4-9(5-10)7-11-6-8/h11-13,18H,10,14-16H2,1-9H3;4,6-7H,2-3H2,1H3/b13-12+,17-11-,21-20+,24-19+;. The summed E-state index contributed by atoms with van der Waals surface area (Å²) in [6.07, 6.45) is 12.3. The number of piperazine rings is 1. The summed E-state index contributed by atoms with van der Waals surface area (Å²) in [5, 5.41) is 8.54. The molecule has 0 spiro atoms. The minimum absolute atomic E-state index is 0.0861. The molecular formula is C32H49N5O2. The summed E-state index contributed by atoms with van der Waals surface area (Å²) in [5.74, 6) is 0. The lowest BCUT2D eigenvalue weighted by molar-refractivity contribution is 0.00494. The number of pyridine rings is 1. The maximum atomic E-state index is 12.5. The first-order valence-electron chi connectivity index (χ1n) is 14.0. The number of carbonyl (C=O) groups excluding carboxylic acids is 1. The quantitative estimate of drug-likeness (QED) is 0.267. The van der Waals surface area contributed by atoms with Gasteiger partial charge < -0.3 is 14.5 Å². The molecule has 0 saturated carbocycles. The minimum atomic E-state index is -0.473. The lowest BCUT2D eigenvalue weighted by Crippen LogP contribution is -2.54. The molecule has 0 bridgehead atoms. The fourth-order valence-corrected chi connectivity index (χ4v) is 4.30. The number of rotatable bonds is 7. The SMILES string of the molecule is CCCc1cncc(C#N)c1.C\C=C(C)/C(C(/C)=N/C=C/CC)=C(/C)N1CCN(C(=O)OC(C)(C)C)C(C)C1. The van der Waals surface area contributed by atoms with E-state index in [1.54, 1.807) is 6.20 Å². The average molecular weight is 536 g/mol. The minimum Gasteiger partial charge on any atom is -0.444 e. The van der Waals surface area contributed by atoms with E-state index in [4.69, 9.17) is 10.00 Å². The van der Waals surface area contributed by atoms with Crippen molar-refractivity contribution in [2.24, 2.45) is 4.99 Å². The number of ether oxygens (including phenoxy) is 1. The molecule has 0 aliphatic carbocycles. The lowest BCUT2D eigenvalue weighted by Gasteiger charge is -2.42. The maximum absolute atomic E-state index is 12.5. The van der Waals surface area contributed by atoms with Crippen LogP contribution in [0.2, 0.25) is 0 Å². The second kappa shape index (κ2) is 16.5. The van der Waals surface area contributed by atoms with Gasteiger partial charge in [-0.05, 0) is 85.4 Å². The van der Waals surface area contributed by atoms with Crippen LogP contribution in [-0.4, -0.2) is 57.9 Å². The van der Waals surface area contributed by atoms with Crippen LogP contribution in [0.5, 0.6) is 0 Å². The zero-order chi connectivity index (χ0) is 29.6. The number of aryl methyl sites for hydroxylation is 1. The van der Waals surface area contributed by atoms with Gasteiger partial charge in [0.15, 0.2) is 0 Å². The number of hydrogen-bond donors (Lipinski definition) is 0. The molecule has 7 heteroatoms. The van der Waals surface area contributed by atoms with Crippen molar-refractivity contribution in [3.63, 3.8) is 0 Å². The number of nitriles is 1. The second-order valence-electron chi connectivity index (χ2n) is 10.9. The Labute approximate surface area is 237 Å². The number of carbonyl (C=O) groups is 1. The van der Waals surface area contributed by atoms with E-state index in [1.807, 2.05) is 44.1 Å². The number of hydrogen-bond acceptors (Lipinski definition) is 6. The average Bonchev–Trinajstić information content (AvgIpc) is 2.88. The first kappa shape index (κ1) is 33.6. The highest BCUT2D eigenvalue weighted by Gasteiger charge is 2.31. The van der Waals surface area contributed by atoms with Crippen molar-refractivity contribution >= 4 is 11.8 Å². The van der Waals surface area contributed by atoms with Gasteiger partial charge >= 0.3 is 6.09 Å². The topological polar surface area (TPSA) is 81.8 Å². The maximum Gasteiger partial charge on any atom is 0.410 e. The highest BCUT2D eigenvalue weighted by molar-refractivity contribution is 6.02. The van der Waals surface area contributed by atoms with E-state index in [9.17, 15) is 4.79 Å². The zero-order valence-electron chi connectivity index (χ0n) is 25.8. The summed E-state index contributed by atoms with van der Waals surface area (Å²) >= 11 is 0. The molecule has 1 aliphatic heterocycles. The van der Waals surface area contributed by atoms with Crippen LogP contribution in [0.25, 0.3) is 0 Å². The molecule has 1 amide bonds. The van der Waals surface area contributed by atoms with Gasteiger partial charge in [0.2, 0.25) is 0 Å². The van der Waals surface area contributed by atoms with Gasteiger partial charge in [-0.3, -0.25) is 9.98 Å². The Hall–Kier alpha value is -3.40. The largest absolute Gasteiger partial charge is 0.444 e. The molecule has 2 heterocycles. The molecule has 1 unspecified atom stereocenters. The summed E-state index contributed by atoms with van der Waals surface area (Å²) in [6, 6.07) is 4.03. The Morgan fingerprint density at radius 2 is 1.92 bits per heavy atom. The third-order valence-corrected chi connectivity index (χ3v) is 6.35. The Kier molecular flexibility index (Phi) is 14.3. The first-order valence-corrected chi connectivity index (χ1v) is 14.0. The van der Waals surface area contributed by atoms with Gasteiger partial charge in [0.1, 0.15) is 11.7 Å². The van der Waals surface area contributed by atoms with E-state index in [1.165, 1.54) is 16.8 Å². The van der Waals surface area contributed by atoms with Crippen molar-refractivity contribution in [2.45, 2.75) is 100 Å². The molecule has 7 nitrogen and oxygen atoms in total. The lowest BCUT2D eigenvalue weighted by atomic mass is 9.99. The van der Waals surface area contributed by atoms with E-state index in [0.717, 1.165) is 43.6 Å². The Morgan fingerprint density at radius 3 is 2.46 bits per heavy atom. The number of nitrogens with zero attached hydrogens (tertiary/aromatic N) is 5. The van der Waals surface area contributed by atoms with Crippen LogP contribution in [0.1, 0.15) is 93.2 Å². The van der Waals surface area contributed by atoms with Crippen molar-refractivity contribution in [2.75, 3.05) is 19.6 Å². The molecule has 214 valence electrons. The van der Waals surface area contributed by atoms with Gasteiger partial charge in [-0.1, -0.05) is 32.4 Å². The third kappa shape index (κ3) is 11.5. The highest BCUT2D eigenvalue weighted by atomic mass is 16.6. The Balaban J connectivity index is 0.000000573. The van der Waals surface area contributed by atoms with Gasteiger partial charge in [0.05, 0.1) is 5.56 Å². The smallest absolute Gasteiger partial charge is 0.410 e. The van der Waals surface area contributed by atoms with Gasteiger partial charge in [-0.25, -0.2) is 4.79 Å². The van der Waals surface area contributed by atoms with Gasteiger partial charge in [0, 0.05) is 61.3 Å². The van der Waals surface area contributed by atoms with Gasteiger partial charge in [-0.2, -0.15) is 5.26 Å². The molecule has 1 fully saturated rings. The highest BCUT2D eigenvalue weighted by Crippen LogP contribution is 2.24. The van der Waals surface area contributed by atoms with Crippen molar-refractivity contribution in [3.8, 4) is 6.07 Å². The normalized spacial score (nSPS) is 17.3. The summed E-state index contributed by atoms with van der Waals surface area (Å²) in [6.45, 7) is 22.6. The molecule has 0 aromatic carbocycles. The molecule has 1 aromatic rings. The number of aliphatic imine (C=N–C) groups is 1. The van der Waals surface area contributed by atoms with Crippen molar-refractivity contribution in [1.29, 1.82) is 5.26 Å². The van der Waals surface area contributed by atoms with Crippen molar-refractivity contribution < 1.29 is 9.53 Å². The fourth-order valence-electron chi connectivity index (χ4n) is 4.30. The molecule has 1 atom stereocenters. The molecule has 0 radical (unpaired) electrons. The van der Waals surface area contributed by atoms with Crippen LogP contribution in [0.3, 0.4) is 0 Å². The Morgan fingerprint density at radius 1 is 1.23 bits per heavy atom. The van der Waals surface area contributed by atoms with E-state index < -0.39 is 5.60 Å². The number of allylic oxidation sites excluding steroid dienone is 5. The predicted molar refractivity (Wildman–Crippen MR) is 162 cm³/mol. The van der Waals surface area contributed by atoms with E-state index in [0.29, 0.717) is 12.1 Å². The van der Waals surface area contributed by atoms with Crippen LogP contribution >= 0.6 is 0 Å². The third-order valence-electron chi connectivity index (χ3n) is 6.35. The molecule has 0 N–H and O–H groups in total. The van der Waals surface area contributed by atoms with Crippen LogP contribution in [0.15, 0.2) is 58.6 Å². The molecule has 2 rings (SSSR count). The summed E-state index contributed by atoms with van der Waals surface area (Å²) in [7, 11) is 0. The van der Waals surface area contributed by atoms with Crippen LogP contribution in [-0.2, 0) is 11.2 Å². The van der Waals surface area contributed by atoms with Crippen LogP contribution < -0.4 is 0 Å². The van der Waals surface area contributed by atoms with Gasteiger partial charge in [-0.15, -0.1) is 0 Å². The monoisotopic (exact) mass is 535 g/mol. The number of aromatic nitrogens is 1. The fraction of sp³-hybridized carbons (Fsp3) is 0.562. The van der Waals surface area contributed by atoms with Crippen molar-refractivity contribution in [1.82, 2.24) is 14.8 Å². The zero-order valence-corrected chi connectivity index (χ0v) is 25.8. The molecule has 1 aliphatic rings.